The Bertz CT molecular complexity index is 210. The van der Waals surface area contributed by atoms with E-state index in [0.29, 0.717) is 5.57 Å². The Morgan fingerprint density at radius 1 is 1.46 bits per heavy atom. The lowest BCUT2D eigenvalue weighted by molar-refractivity contribution is -0.134. The Labute approximate surface area is 78.4 Å². The van der Waals surface area contributed by atoms with Crippen molar-refractivity contribution >= 4 is 5.97 Å². The minimum atomic E-state index is -0.894. The first kappa shape index (κ1) is 10.3. The van der Waals surface area contributed by atoms with Gasteiger partial charge >= 0.3 is 5.97 Å². The molecule has 2 unspecified atom stereocenters. The predicted octanol–water partition coefficient (Wildman–Crippen LogP) is 1.83. The summed E-state index contributed by atoms with van der Waals surface area (Å²) < 4.78 is 5.25. The van der Waals surface area contributed by atoms with Gasteiger partial charge in [-0.3, -0.25) is 0 Å². The van der Waals surface area contributed by atoms with Crippen LogP contribution >= 0.6 is 0 Å². The number of rotatable bonds is 3. The number of carboxylic acid groups (broad SMARTS) is 1. The van der Waals surface area contributed by atoms with Gasteiger partial charge in [0.05, 0.1) is 6.10 Å². The van der Waals surface area contributed by atoms with Crippen molar-refractivity contribution in [1.29, 1.82) is 0 Å². The van der Waals surface area contributed by atoms with Crippen molar-refractivity contribution in [3.63, 3.8) is 0 Å². The Hall–Kier alpha value is -0.830. The van der Waals surface area contributed by atoms with Gasteiger partial charge in [0.2, 0.25) is 0 Å². The number of aliphatic carboxylic acids is 1. The summed E-state index contributed by atoms with van der Waals surface area (Å²) in [7, 11) is 1.64. The minimum absolute atomic E-state index is 0.0104. The van der Waals surface area contributed by atoms with E-state index >= 15 is 0 Å². The van der Waals surface area contributed by atoms with Crippen LogP contribution in [0.4, 0.5) is 0 Å². The van der Waals surface area contributed by atoms with Crippen LogP contribution < -0.4 is 0 Å². The number of carboxylic acids is 1. The number of carbonyl (C=O) groups is 1. The van der Waals surface area contributed by atoms with Crippen molar-refractivity contribution < 1.29 is 14.6 Å². The molecule has 0 spiro atoms. The molecule has 1 N–H and O–H groups in total. The van der Waals surface area contributed by atoms with Crippen molar-refractivity contribution in [3.8, 4) is 0 Å². The molecule has 1 fully saturated rings. The second-order valence-electron chi connectivity index (χ2n) is 3.50. The summed E-state index contributed by atoms with van der Waals surface area (Å²) in [5.74, 6) is -0.884. The van der Waals surface area contributed by atoms with E-state index in [1.807, 2.05) is 0 Å². The van der Waals surface area contributed by atoms with Crippen LogP contribution in [0.2, 0.25) is 0 Å². The summed E-state index contributed by atoms with van der Waals surface area (Å²) in [6.07, 6.45) is 4.10. The third-order valence-corrected chi connectivity index (χ3v) is 2.73. The summed E-state index contributed by atoms with van der Waals surface area (Å²) in [4.78, 5) is 10.7. The molecule has 0 aromatic rings. The molecule has 13 heavy (non-hydrogen) atoms. The van der Waals surface area contributed by atoms with Crippen LogP contribution in [-0.4, -0.2) is 24.3 Å². The van der Waals surface area contributed by atoms with Crippen LogP contribution in [0, 0.1) is 5.92 Å². The average Bonchev–Trinajstić information content (AvgIpc) is 2.16. The van der Waals surface area contributed by atoms with E-state index in [1.165, 1.54) is 0 Å². The molecule has 3 heteroatoms. The molecule has 0 aromatic carbocycles. The molecule has 1 aliphatic rings. The minimum Gasteiger partial charge on any atom is -0.478 e. The Kier molecular flexibility index (Phi) is 3.48. The van der Waals surface area contributed by atoms with Gasteiger partial charge in [0.25, 0.3) is 0 Å². The third kappa shape index (κ3) is 2.31. The largest absolute Gasteiger partial charge is 0.478 e. The lowest BCUT2D eigenvalue weighted by Crippen LogP contribution is -2.30. The van der Waals surface area contributed by atoms with Crippen LogP contribution in [0.5, 0.6) is 0 Å². The molecule has 0 amide bonds. The van der Waals surface area contributed by atoms with E-state index in [2.05, 4.69) is 6.58 Å². The smallest absolute Gasteiger partial charge is 0.331 e. The van der Waals surface area contributed by atoms with E-state index in [0.717, 1.165) is 25.7 Å². The Balaban J connectivity index is 2.64. The first-order valence-electron chi connectivity index (χ1n) is 4.61. The van der Waals surface area contributed by atoms with Crippen molar-refractivity contribution in [1.82, 2.24) is 0 Å². The summed E-state index contributed by atoms with van der Waals surface area (Å²) in [5, 5.41) is 8.79. The van der Waals surface area contributed by atoms with E-state index < -0.39 is 5.97 Å². The third-order valence-electron chi connectivity index (χ3n) is 2.73. The van der Waals surface area contributed by atoms with Gasteiger partial charge in [-0.15, -0.1) is 0 Å². The fourth-order valence-electron chi connectivity index (χ4n) is 1.94. The van der Waals surface area contributed by atoms with Gasteiger partial charge < -0.3 is 9.84 Å². The highest BCUT2D eigenvalue weighted by molar-refractivity contribution is 5.86. The van der Waals surface area contributed by atoms with Gasteiger partial charge in [0.1, 0.15) is 0 Å². The lowest BCUT2D eigenvalue weighted by Gasteiger charge is -2.30. The summed E-state index contributed by atoms with van der Waals surface area (Å²) in [6.45, 7) is 3.60. The highest BCUT2D eigenvalue weighted by Gasteiger charge is 2.29. The van der Waals surface area contributed by atoms with E-state index in [1.54, 1.807) is 7.11 Å². The molecule has 0 aliphatic heterocycles. The number of hydrogen-bond acceptors (Lipinski definition) is 2. The Morgan fingerprint density at radius 3 is 2.62 bits per heavy atom. The highest BCUT2D eigenvalue weighted by Crippen LogP contribution is 2.31. The molecule has 1 rings (SSSR count). The summed E-state index contributed by atoms with van der Waals surface area (Å²) in [5.41, 5.74) is 0.298. The summed E-state index contributed by atoms with van der Waals surface area (Å²) in [6, 6.07) is 0. The normalized spacial score (nSPS) is 28.4. The van der Waals surface area contributed by atoms with E-state index in [4.69, 9.17) is 9.84 Å². The van der Waals surface area contributed by atoms with Crippen molar-refractivity contribution in [2.24, 2.45) is 5.92 Å². The molecule has 1 aliphatic carbocycles. The molecule has 0 radical (unpaired) electrons. The monoisotopic (exact) mass is 184 g/mol. The zero-order valence-electron chi connectivity index (χ0n) is 7.95. The second kappa shape index (κ2) is 4.42. The zero-order valence-corrected chi connectivity index (χ0v) is 7.95. The molecular weight excluding hydrogens is 168 g/mol. The van der Waals surface area contributed by atoms with Crippen LogP contribution in [-0.2, 0) is 9.53 Å². The molecule has 0 aromatic heterocycles. The SMILES string of the molecule is C=C(C(=O)O)C1CCCCC1OC. The van der Waals surface area contributed by atoms with Crippen LogP contribution in [0.3, 0.4) is 0 Å². The van der Waals surface area contributed by atoms with Crippen molar-refractivity contribution in [2.45, 2.75) is 31.8 Å². The molecule has 0 saturated heterocycles. The summed E-state index contributed by atoms with van der Waals surface area (Å²) >= 11 is 0. The van der Waals surface area contributed by atoms with Gasteiger partial charge in [-0.25, -0.2) is 4.79 Å². The highest BCUT2D eigenvalue weighted by atomic mass is 16.5. The van der Waals surface area contributed by atoms with Gasteiger partial charge in [-0.05, 0) is 12.8 Å². The predicted molar refractivity (Wildman–Crippen MR) is 49.5 cm³/mol. The van der Waals surface area contributed by atoms with Crippen molar-refractivity contribution in [3.05, 3.63) is 12.2 Å². The molecule has 74 valence electrons. The first-order valence-corrected chi connectivity index (χ1v) is 4.61. The average molecular weight is 184 g/mol. The molecular formula is C10H16O3. The maximum atomic E-state index is 10.7. The number of methoxy groups -OCH3 is 1. The fraction of sp³-hybridized carbons (Fsp3) is 0.700. The maximum absolute atomic E-state index is 10.7. The van der Waals surface area contributed by atoms with Gasteiger partial charge in [0.15, 0.2) is 0 Å². The van der Waals surface area contributed by atoms with Gasteiger partial charge in [-0.2, -0.15) is 0 Å². The Morgan fingerprint density at radius 2 is 2.08 bits per heavy atom. The van der Waals surface area contributed by atoms with E-state index in [9.17, 15) is 4.79 Å². The molecule has 0 bridgehead atoms. The zero-order chi connectivity index (χ0) is 9.84. The molecule has 3 nitrogen and oxygen atoms in total. The van der Waals surface area contributed by atoms with E-state index in [-0.39, 0.29) is 12.0 Å². The van der Waals surface area contributed by atoms with Gasteiger partial charge in [-0.1, -0.05) is 19.4 Å². The van der Waals surface area contributed by atoms with Crippen LogP contribution in [0.15, 0.2) is 12.2 Å². The van der Waals surface area contributed by atoms with Crippen molar-refractivity contribution in [2.75, 3.05) is 7.11 Å². The molecule has 0 heterocycles. The fourth-order valence-corrected chi connectivity index (χ4v) is 1.94. The maximum Gasteiger partial charge on any atom is 0.331 e. The standard InChI is InChI=1S/C10H16O3/c1-7(10(11)12)8-5-3-4-6-9(8)13-2/h8-9H,1,3-6H2,2H3,(H,11,12). The second-order valence-corrected chi connectivity index (χ2v) is 3.50. The number of hydrogen-bond donors (Lipinski definition) is 1. The lowest BCUT2D eigenvalue weighted by atomic mass is 9.82. The first-order chi connectivity index (χ1) is 6.16. The molecule has 2 atom stereocenters. The van der Waals surface area contributed by atoms with Gasteiger partial charge in [0, 0.05) is 18.6 Å². The quantitative estimate of drug-likeness (QED) is 0.681. The van der Waals surface area contributed by atoms with Crippen LogP contribution in [0.1, 0.15) is 25.7 Å². The molecule has 1 saturated carbocycles. The van der Waals surface area contributed by atoms with Crippen LogP contribution in [0.25, 0.3) is 0 Å². The topological polar surface area (TPSA) is 46.5 Å². The number of ether oxygens (including phenoxy) is 1.